The number of morpholine rings is 1. The fourth-order valence-electron chi connectivity index (χ4n) is 2.54. The Bertz CT molecular complexity index is 396. The molecule has 7 heteroatoms. The van der Waals surface area contributed by atoms with Crippen LogP contribution >= 0.6 is 0 Å². The highest BCUT2D eigenvalue weighted by atomic mass is 16.6. The van der Waals surface area contributed by atoms with Crippen LogP contribution in [0.2, 0.25) is 0 Å². The number of hydrogen-bond acceptors (Lipinski definition) is 5. The smallest absolute Gasteiger partial charge is 0.407 e. The van der Waals surface area contributed by atoms with Gasteiger partial charge in [0.15, 0.2) is 0 Å². The molecule has 1 heterocycles. The Kier molecular flexibility index (Phi) is 9.07. The molecule has 0 spiro atoms. The Labute approximate surface area is 145 Å². The van der Waals surface area contributed by atoms with Gasteiger partial charge in [-0.05, 0) is 40.2 Å². The molecule has 0 aromatic carbocycles. The monoisotopic (exact) mass is 343 g/mol. The molecule has 1 atom stereocenters. The lowest BCUT2D eigenvalue weighted by molar-refractivity contribution is -0.138. The Morgan fingerprint density at radius 2 is 1.92 bits per heavy atom. The van der Waals surface area contributed by atoms with Gasteiger partial charge in [-0.2, -0.15) is 0 Å². The summed E-state index contributed by atoms with van der Waals surface area (Å²) in [5.41, 5.74) is -0.450. The maximum atomic E-state index is 11.6. The molecular weight excluding hydrogens is 310 g/mol. The van der Waals surface area contributed by atoms with E-state index in [4.69, 9.17) is 9.47 Å². The minimum atomic E-state index is -0.450. The van der Waals surface area contributed by atoms with Crippen LogP contribution in [0.4, 0.5) is 4.79 Å². The van der Waals surface area contributed by atoms with E-state index in [1.165, 1.54) is 0 Å². The normalized spacial score (nSPS) is 18.9. The van der Waals surface area contributed by atoms with Gasteiger partial charge in [0, 0.05) is 26.7 Å². The molecule has 1 aliphatic rings. The third-order valence-electron chi connectivity index (χ3n) is 3.76. The first-order chi connectivity index (χ1) is 11.3. The second-order valence-corrected chi connectivity index (χ2v) is 7.12. The van der Waals surface area contributed by atoms with Crippen molar-refractivity contribution < 1.29 is 19.1 Å². The van der Waals surface area contributed by atoms with Crippen LogP contribution in [0, 0.1) is 0 Å². The molecular formula is C17H33N3O4. The molecule has 0 aromatic rings. The number of rotatable bonds is 8. The van der Waals surface area contributed by atoms with E-state index in [9.17, 15) is 9.59 Å². The Morgan fingerprint density at radius 3 is 2.58 bits per heavy atom. The van der Waals surface area contributed by atoms with E-state index in [0.717, 1.165) is 38.8 Å². The van der Waals surface area contributed by atoms with Crippen molar-refractivity contribution in [1.29, 1.82) is 0 Å². The van der Waals surface area contributed by atoms with Gasteiger partial charge >= 0.3 is 6.09 Å². The molecule has 24 heavy (non-hydrogen) atoms. The standard InChI is InChI=1S/C17H33N3O4/c1-17(2,3)24-16(22)19-9-7-5-6-8-10-20-11-12-23-14(13-20)15(21)18-4/h14H,5-13H2,1-4H3,(H,18,21)(H,19,22)/t14-/m1/s1. The van der Waals surface area contributed by atoms with E-state index in [2.05, 4.69) is 15.5 Å². The lowest BCUT2D eigenvalue weighted by Crippen LogP contribution is -2.49. The van der Waals surface area contributed by atoms with Crippen molar-refractivity contribution in [3.05, 3.63) is 0 Å². The maximum absolute atomic E-state index is 11.6. The molecule has 2 N–H and O–H groups in total. The second-order valence-electron chi connectivity index (χ2n) is 7.12. The summed E-state index contributed by atoms with van der Waals surface area (Å²) in [6.45, 7) is 9.35. The van der Waals surface area contributed by atoms with Crippen LogP contribution in [-0.4, -0.2) is 68.4 Å². The predicted molar refractivity (Wildman–Crippen MR) is 93.0 cm³/mol. The molecule has 0 unspecified atom stereocenters. The number of unbranched alkanes of at least 4 members (excludes halogenated alkanes) is 3. The quantitative estimate of drug-likeness (QED) is 0.653. The summed E-state index contributed by atoms with van der Waals surface area (Å²) in [6.07, 6.45) is 3.52. The highest BCUT2D eigenvalue weighted by Crippen LogP contribution is 2.09. The van der Waals surface area contributed by atoms with E-state index in [-0.39, 0.29) is 18.1 Å². The average Bonchev–Trinajstić information content (AvgIpc) is 2.51. The first-order valence-corrected chi connectivity index (χ1v) is 8.84. The van der Waals surface area contributed by atoms with Crippen LogP contribution in [0.15, 0.2) is 0 Å². The van der Waals surface area contributed by atoms with Gasteiger partial charge in [0.1, 0.15) is 11.7 Å². The highest BCUT2D eigenvalue weighted by molar-refractivity contribution is 5.80. The van der Waals surface area contributed by atoms with Crippen LogP contribution < -0.4 is 10.6 Å². The molecule has 1 aliphatic heterocycles. The van der Waals surface area contributed by atoms with E-state index in [1.54, 1.807) is 7.05 Å². The van der Waals surface area contributed by atoms with Gasteiger partial charge in [0.25, 0.3) is 0 Å². The van der Waals surface area contributed by atoms with Crippen molar-refractivity contribution in [3.8, 4) is 0 Å². The third kappa shape index (κ3) is 9.08. The van der Waals surface area contributed by atoms with Crippen LogP contribution in [0.25, 0.3) is 0 Å². The van der Waals surface area contributed by atoms with Crippen molar-refractivity contribution in [1.82, 2.24) is 15.5 Å². The number of hydrogen-bond donors (Lipinski definition) is 2. The van der Waals surface area contributed by atoms with Gasteiger partial charge in [-0.1, -0.05) is 12.8 Å². The zero-order valence-electron chi connectivity index (χ0n) is 15.5. The van der Waals surface area contributed by atoms with Crippen molar-refractivity contribution in [2.45, 2.75) is 58.2 Å². The van der Waals surface area contributed by atoms with Gasteiger partial charge in [0.05, 0.1) is 6.61 Å². The summed E-state index contributed by atoms with van der Waals surface area (Å²) in [4.78, 5) is 25.4. The van der Waals surface area contributed by atoms with Crippen LogP contribution in [-0.2, 0) is 14.3 Å². The largest absolute Gasteiger partial charge is 0.444 e. The molecule has 1 fully saturated rings. The topological polar surface area (TPSA) is 79.9 Å². The molecule has 0 aromatic heterocycles. The second kappa shape index (κ2) is 10.5. The number of amides is 2. The van der Waals surface area contributed by atoms with E-state index < -0.39 is 5.60 Å². The number of alkyl carbamates (subject to hydrolysis) is 1. The zero-order valence-corrected chi connectivity index (χ0v) is 15.5. The number of nitrogens with one attached hydrogen (secondary N) is 2. The van der Waals surface area contributed by atoms with Crippen LogP contribution in [0.3, 0.4) is 0 Å². The number of ether oxygens (including phenoxy) is 2. The third-order valence-corrected chi connectivity index (χ3v) is 3.76. The molecule has 0 radical (unpaired) electrons. The van der Waals surface area contributed by atoms with E-state index in [1.807, 2.05) is 20.8 Å². The van der Waals surface area contributed by atoms with Crippen LogP contribution in [0.1, 0.15) is 46.5 Å². The lowest BCUT2D eigenvalue weighted by atomic mass is 10.1. The molecule has 0 bridgehead atoms. The first kappa shape index (κ1) is 20.7. The molecule has 1 rings (SSSR count). The summed E-state index contributed by atoms with van der Waals surface area (Å²) in [5.74, 6) is -0.0482. The Morgan fingerprint density at radius 1 is 1.21 bits per heavy atom. The number of nitrogens with zero attached hydrogens (tertiary/aromatic N) is 1. The Balaban J connectivity index is 2.02. The fourth-order valence-corrected chi connectivity index (χ4v) is 2.54. The van der Waals surface area contributed by atoms with Crippen LogP contribution in [0.5, 0.6) is 0 Å². The van der Waals surface area contributed by atoms with Crippen molar-refractivity contribution in [2.24, 2.45) is 0 Å². The summed E-state index contributed by atoms with van der Waals surface area (Å²) < 4.78 is 10.7. The van der Waals surface area contributed by atoms with Crippen molar-refractivity contribution in [3.63, 3.8) is 0 Å². The zero-order chi connectivity index (χ0) is 18.0. The number of carbonyl (C=O) groups excluding carboxylic acids is 2. The lowest BCUT2D eigenvalue weighted by Gasteiger charge is -2.31. The molecule has 140 valence electrons. The predicted octanol–water partition coefficient (Wildman–Crippen LogP) is 1.52. The number of likely N-dealkylation sites (N-methyl/N-ethyl adjacent to an activating group) is 1. The first-order valence-electron chi connectivity index (χ1n) is 8.84. The molecule has 7 nitrogen and oxygen atoms in total. The Hall–Kier alpha value is -1.34. The summed E-state index contributed by atoms with van der Waals surface area (Å²) >= 11 is 0. The average molecular weight is 343 g/mol. The van der Waals surface area contributed by atoms with E-state index >= 15 is 0 Å². The summed E-state index contributed by atoms with van der Waals surface area (Å²) in [5, 5.41) is 5.41. The molecule has 2 amide bonds. The number of carbonyl (C=O) groups is 2. The summed E-state index contributed by atoms with van der Waals surface area (Å²) in [6, 6.07) is 0. The van der Waals surface area contributed by atoms with E-state index in [0.29, 0.717) is 19.7 Å². The van der Waals surface area contributed by atoms with Gasteiger partial charge in [-0.15, -0.1) is 0 Å². The SMILES string of the molecule is CNC(=O)[C@H]1CN(CCCCCCNC(=O)OC(C)(C)C)CCO1. The fraction of sp³-hybridized carbons (Fsp3) is 0.882. The van der Waals surface area contributed by atoms with Gasteiger partial charge < -0.3 is 20.1 Å². The molecule has 0 saturated carbocycles. The highest BCUT2D eigenvalue weighted by Gasteiger charge is 2.25. The molecule has 0 aliphatic carbocycles. The maximum Gasteiger partial charge on any atom is 0.407 e. The van der Waals surface area contributed by atoms with Gasteiger partial charge in [0.2, 0.25) is 5.91 Å². The minimum Gasteiger partial charge on any atom is -0.444 e. The van der Waals surface area contributed by atoms with Crippen molar-refractivity contribution >= 4 is 12.0 Å². The minimum absolute atomic E-state index is 0.0482. The van der Waals surface area contributed by atoms with Crippen molar-refractivity contribution in [2.75, 3.05) is 39.8 Å². The molecule has 1 saturated heterocycles. The van der Waals surface area contributed by atoms with Gasteiger partial charge in [-0.25, -0.2) is 4.79 Å². The van der Waals surface area contributed by atoms with Gasteiger partial charge in [-0.3, -0.25) is 9.69 Å². The summed E-state index contributed by atoms with van der Waals surface area (Å²) in [7, 11) is 1.63.